The fourth-order valence-electron chi connectivity index (χ4n) is 2.64. The number of nitrogens with zero attached hydrogens (tertiary/aromatic N) is 1. The van der Waals surface area contributed by atoms with Gasteiger partial charge in [-0.1, -0.05) is 20.8 Å². The summed E-state index contributed by atoms with van der Waals surface area (Å²) in [6.45, 7) is 9.19. The molecule has 0 radical (unpaired) electrons. The molecular formula is C13H24N2O. The van der Waals surface area contributed by atoms with Gasteiger partial charge in [0.1, 0.15) is 0 Å². The molecule has 0 bridgehead atoms. The monoisotopic (exact) mass is 224 g/mol. The molecule has 92 valence electrons. The Labute approximate surface area is 98.4 Å². The first kappa shape index (κ1) is 11.9. The van der Waals surface area contributed by atoms with Gasteiger partial charge in [0.05, 0.1) is 5.41 Å². The van der Waals surface area contributed by atoms with Crippen LogP contribution in [0.4, 0.5) is 0 Å². The summed E-state index contributed by atoms with van der Waals surface area (Å²) < 4.78 is 0. The number of carbonyl (C=O) groups is 1. The smallest absolute Gasteiger partial charge is 0.230 e. The van der Waals surface area contributed by atoms with Gasteiger partial charge in [-0.25, -0.2) is 0 Å². The van der Waals surface area contributed by atoms with E-state index in [2.05, 4.69) is 25.7 Å². The molecule has 1 saturated carbocycles. The summed E-state index contributed by atoms with van der Waals surface area (Å²) in [5.41, 5.74) is 5.86. The lowest BCUT2D eigenvalue weighted by Crippen LogP contribution is -2.39. The van der Waals surface area contributed by atoms with Crippen LogP contribution in [0, 0.1) is 16.7 Å². The molecule has 3 nitrogen and oxygen atoms in total. The third-order valence-corrected chi connectivity index (χ3v) is 4.40. The first-order chi connectivity index (χ1) is 7.39. The lowest BCUT2D eigenvalue weighted by atomic mass is 9.80. The molecule has 1 atom stereocenters. The molecule has 1 aliphatic heterocycles. The topological polar surface area (TPSA) is 46.3 Å². The Morgan fingerprint density at radius 2 is 2.06 bits per heavy atom. The summed E-state index contributed by atoms with van der Waals surface area (Å²) in [5, 5.41) is 0. The van der Waals surface area contributed by atoms with Gasteiger partial charge in [0.2, 0.25) is 5.91 Å². The highest BCUT2D eigenvalue weighted by molar-refractivity contribution is 5.85. The average Bonchev–Trinajstić information content (AvgIpc) is 2.84. The number of rotatable bonds is 2. The van der Waals surface area contributed by atoms with Gasteiger partial charge in [-0.15, -0.1) is 0 Å². The second-order valence-electron chi connectivity index (χ2n) is 6.59. The highest BCUT2D eigenvalue weighted by Gasteiger charge is 2.51. The van der Waals surface area contributed by atoms with Crippen molar-refractivity contribution < 1.29 is 4.79 Å². The lowest BCUT2D eigenvalue weighted by molar-refractivity contribution is -0.135. The van der Waals surface area contributed by atoms with Crippen LogP contribution >= 0.6 is 0 Å². The van der Waals surface area contributed by atoms with E-state index in [1.807, 2.05) is 0 Å². The highest BCUT2D eigenvalue weighted by atomic mass is 16.2. The zero-order valence-corrected chi connectivity index (χ0v) is 10.8. The first-order valence-electron chi connectivity index (χ1n) is 6.38. The maximum Gasteiger partial charge on any atom is 0.230 e. The largest absolute Gasteiger partial charge is 0.342 e. The Bertz CT molecular complexity index is 289. The summed E-state index contributed by atoms with van der Waals surface area (Å²) in [6, 6.07) is 0. The van der Waals surface area contributed by atoms with Crippen molar-refractivity contribution in [1.29, 1.82) is 0 Å². The molecule has 0 spiro atoms. The number of amides is 1. The predicted molar refractivity (Wildman–Crippen MR) is 64.9 cm³/mol. The van der Waals surface area contributed by atoms with E-state index >= 15 is 0 Å². The van der Waals surface area contributed by atoms with E-state index in [4.69, 9.17) is 5.73 Å². The van der Waals surface area contributed by atoms with Gasteiger partial charge >= 0.3 is 0 Å². The molecule has 1 amide bonds. The summed E-state index contributed by atoms with van der Waals surface area (Å²) in [5.74, 6) is 0.965. The minimum absolute atomic E-state index is 0.160. The van der Waals surface area contributed by atoms with Gasteiger partial charge < -0.3 is 10.6 Å². The van der Waals surface area contributed by atoms with Crippen LogP contribution in [0.1, 0.15) is 40.0 Å². The zero-order valence-electron chi connectivity index (χ0n) is 10.8. The van der Waals surface area contributed by atoms with E-state index in [9.17, 15) is 4.79 Å². The van der Waals surface area contributed by atoms with Crippen LogP contribution in [-0.4, -0.2) is 30.4 Å². The minimum atomic E-state index is -0.160. The van der Waals surface area contributed by atoms with Crippen molar-refractivity contribution in [2.24, 2.45) is 22.5 Å². The van der Waals surface area contributed by atoms with Gasteiger partial charge in [-0.05, 0) is 30.6 Å². The van der Waals surface area contributed by atoms with Gasteiger partial charge in [0, 0.05) is 19.6 Å². The number of nitrogens with two attached hydrogens (primary N) is 1. The van der Waals surface area contributed by atoms with Crippen molar-refractivity contribution in [1.82, 2.24) is 4.90 Å². The Kier molecular flexibility index (Phi) is 2.77. The molecule has 1 aliphatic carbocycles. The summed E-state index contributed by atoms with van der Waals surface area (Å²) in [6.07, 6.45) is 3.15. The Morgan fingerprint density at radius 3 is 2.44 bits per heavy atom. The minimum Gasteiger partial charge on any atom is -0.342 e. The number of likely N-dealkylation sites (tertiary alicyclic amines) is 1. The van der Waals surface area contributed by atoms with Crippen molar-refractivity contribution in [2.45, 2.75) is 40.0 Å². The quantitative estimate of drug-likeness (QED) is 0.774. The summed E-state index contributed by atoms with van der Waals surface area (Å²) >= 11 is 0. The van der Waals surface area contributed by atoms with Gasteiger partial charge in [-0.2, -0.15) is 0 Å². The fourth-order valence-corrected chi connectivity index (χ4v) is 2.64. The molecule has 1 unspecified atom stereocenters. The third-order valence-electron chi connectivity index (χ3n) is 4.40. The number of carbonyl (C=O) groups excluding carboxylic acids is 1. The second-order valence-corrected chi connectivity index (χ2v) is 6.59. The molecular weight excluding hydrogens is 200 g/mol. The van der Waals surface area contributed by atoms with Crippen molar-refractivity contribution in [3.63, 3.8) is 0 Å². The maximum absolute atomic E-state index is 12.3. The van der Waals surface area contributed by atoms with Gasteiger partial charge in [-0.3, -0.25) is 4.79 Å². The summed E-state index contributed by atoms with van der Waals surface area (Å²) in [7, 11) is 0. The van der Waals surface area contributed by atoms with E-state index in [0.717, 1.165) is 32.4 Å². The normalized spacial score (nSPS) is 28.2. The van der Waals surface area contributed by atoms with Crippen LogP contribution in [0.2, 0.25) is 0 Å². The van der Waals surface area contributed by atoms with Crippen LogP contribution < -0.4 is 5.73 Å². The molecule has 1 saturated heterocycles. The van der Waals surface area contributed by atoms with E-state index in [1.54, 1.807) is 0 Å². The molecule has 2 fully saturated rings. The maximum atomic E-state index is 12.3. The van der Waals surface area contributed by atoms with Crippen molar-refractivity contribution >= 4 is 5.91 Å². The van der Waals surface area contributed by atoms with E-state index in [0.29, 0.717) is 23.8 Å². The molecule has 1 heterocycles. The summed E-state index contributed by atoms with van der Waals surface area (Å²) in [4.78, 5) is 14.3. The second kappa shape index (κ2) is 3.73. The van der Waals surface area contributed by atoms with Gasteiger partial charge in [0.15, 0.2) is 0 Å². The van der Waals surface area contributed by atoms with Crippen LogP contribution in [0.15, 0.2) is 0 Å². The van der Waals surface area contributed by atoms with Crippen LogP contribution in [-0.2, 0) is 4.79 Å². The first-order valence-corrected chi connectivity index (χ1v) is 6.38. The molecule has 0 aromatic rings. The Hall–Kier alpha value is -0.570. The lowest BCUT2D eigenvalue weighted by Gasteiger charge is -2.28. The molecule has 2 aliphatic rings. The fraction of sp³-hybridized carbons (Fsp3) is 0.923. The molecule has 2 N–H and O–H groups in total. The number of hydrogen-bond acceptors (Lipinski definition) is 2. The molecule has 0 aromatic carbocycles. The molecule has 2 rings (SSSR count). The van der Waals surface area contributed by atoms with E-state index in [-0.39, 0.29) is 5.41 Å². The zero-order chi connectivity index (χ0) is 12.0. The van der Waals surface area contributed by atoms with Crippen molar-refractivity contribution in [3.8, 4) is 0 Å². The van der Waals surface area contributed by atoms with Crippen LogP contribution in [0.3, 0.4) is 0 Å². The Balaban J connectivity index is 1.97. The SMILES string of the molecule is CC(C)(C)C1CCN(C(=O)C2(CN)CC2)C1. The van der Waals surface area contributed by atoms with Crippen LogP contribution in [0.25, 0.3) is 0 Å². The molecule has 3 heteroatoms. The Morgan fingerprint density at radius 1 is 1.44 bits per heavy atom. The standard InChI is InChI=1S/C13H24N2O/c1-12(2,3)10-4-7-15(8-10)11(16)13(9-14)5-6-13/h10H,4-9,14H2,1-3H3. The highest BCUT2D eigenvalue weighted by Crippen LogP contribution is 2.47. The van der Waals surface area contributed by atoms with Crippen molar-refractivity contribution in [2.75, 3.05) is 19.6 Å². The average molecular weight is 224 g/mol. The molecule has 0 aromatic heterocycles. The third kappa shape index (κ3) is 1.97. The van der Waals surface area contributed by atoms with E-state index < -0.39 is 0 Å². The van der Waals surface area contributed by atoms with Gasteiger partial charge in [0.25, 0.3) is 0 Å². The number of hydrogen-bond donors (Lipinski definition) is 1. The van der Waals surface area contributed by atoms with E-state index in [1.165, 1.54) is 0 Å². The van der Waals surface area contributed by atoms with Crippen molar-refractivity contribution in [3.05, 3.63) is 0 Å². The van der Waals surface area contributed by atoms with Crippen LogP contribution in [0.5, 0.6) is 0 Å². The predicted octanol–water partition coefficient (Wildman–Crippen LogP) is 1.62. The molecule has 16 heavy (non-hydrogen) atoms.